The van der Waals surface area contributed by atoms with Crippen LogP contribution >= 0.6 is 11.3 Å². The van der Waals surface area contributed by atoms with E-state index in [-0.39, 0.29) is 0 Å². The SMILES string of the molecule is CCCNCc1nnc(-c2ccc3c(c2)COC3)s1. The predicted octanol–water partition coefficient (Wildman–Crippen LogP) is 2.73. The van der Waals surface area contributed by atoms with Gasteiger partial charge in [-0.05, 0) is 30.2 Å². The molecule has 0 bridgehead atoms. The highest BCUT2D eigenvalue weighted by atomic mass is 32.1. The normalized spacial score (nSPS) is 13.7. The van der Waals surface area contributed by atoms with Crippen LogP contribution in [0.2, 0.25) is 0 Å². The van der Waals surface area contributed by atoms with Crippen LogP contribution in [0.4, 0.5) is 0 Å². The van der Waals surface area contributed by atoms with Gasteiger partial charge in [-0.1, -0.05) is 30.4 Å². The highest BCUT2D eigenvalue weighted by Gasteiger charge is 2.13. The summed E-state index contributed by atoms with van der Waals surface area (Å²) in [4.78, 5) is 0. The van der Waals surface area contributed by atoms with Gasteiger partial charge in [-0.2, -0.15) is 0 Å². The number of ether oxygens (including phenoxy) is 1. The summed E-state index contributed by atoms with van der Waals surface area (Å²) in [6.07, 6.45) is 1.14. The molecular formula is C14H17N3OS. The third-order valence-electron chi connectivity index (χ3n) is 3.14. The summed E-state index contributed by atoms with van der Waals surface area (Å²) in [5.41, 5.74) is 3.71. The molecule has 0 fully saturated rings. The molecule has 0 aliphatic carbocycles. The minimum Gasteiger partial charge on any atom is -0.372 e. The molecule has 0 unspecified atom stereocenters. The van der Waals surface area contributed by atoms with Gasteiger partial charge in [0.15, 0.2) is 0 Å². The van der Waals surface area contributed by atoms with Crippen LogP contribution in [0.25, 0.3) is 10.6 Å². The Labute approximate surface area is 116 Å². The van der Waals surface area contributed by atoms with Gasteiger partial charge in [-0.15, -0.1) is 10.2 Å². The van der Waals surface area contributed by atoms with Crippen LogP contribution in [0, 0.1) is 0 Å². The molecule has 3 rings (SSSR count). The fourth-order valence-corrected chi connectivity index (χ4v) is 2.92. The molecule has 2 aromatic rings. The summed E-state index contributed by atoms with van der Waals surface area (Å²) in [5.74, 6) is 0. The molecule has 1 aromatic carbocycles. The first-order valence-electron chi connectivity index (χ1n) is 6.60. The fraction of sp³-hybridized carbons (Fsp3) is 0.429. The van der Waals surface area contributed by atoms with Crippen LogP contribution in [0.3, 0.4) is 0 Å². The number of hydrogen-bond donors (Lipinski definition) is 1. The molecule has 4 nitrogen and oxygen atoms in total. The molecule has 1 aromatic heterocycles. The smallest absolute Gasteiger partial charge is 0.147 e. The largest absolute Gasteiger partial charge is 0.372 e. The quantitative estimate of drug-likeness (QED) is 0.852. The lowest BCUT2D eigenvalue weighted by molar-refractivity contribution is 0.134. The second-order valence-electron chi connectivity index (χ2n) is 4.65. The predicted molar refractivity (Wildman–Crippen MR) is 75.8 cm³/mol. The Morgan fingerprint density at radius 3 is 3.05 bits per heavy atom. The van der Waals surface area contributed by atoms with Crippen LogP contribution in [0.15, 0.2) is 18.2 Å². The van der Waals surface area contributed by atoms with E-state index in [0.717, 1.165) is 41.7 Å². The number of nitrogens with zero attached hydrogens (tertiary/aromatic N) is 2. The maximum absolute atomic E-state index is 5.43. The number of benzene rings is 1. The molecule has 0 saturated heterocycles. The Morgan fingerprint density at radius 1 is 1.26 bits per heavy atom. The first kappa shape index (κ1) is 12.7. The van der Waals surface area contributed by atoms with E-state index in [1.54, 1.807) is 11.3 Å². The third-order valence-corrected chi connectivity index (χ3v) is 4.11. The van der Waals surface area contributed by atoms with Gasteiger partial charge in [0.2, 0.25) is 0 Å². The summed E-state index contributed by atoms with van der Waals surface area (Å²) in [5, 5.41) is 13.9. The van der Waals surface area contributed by atoms with Gasteiger partial charge in [0.1, 0.15) is 10.0 Å². The molecule has 0 atom stereocenters. The maximum atomic E-state index is 5.43. The molecule has 0 radical (unpaired) electrons. The summed E-state index contributed by atoms with van der Waals surface area (Å²) in [7, 11) is 0. The molecule has 1 aliphatic rings. The van der Waals surface area contributed by atoms with Crippen LogP contribution in [0.5, 0.6) is 0 Å². The average molecular weight is 275 g/mol. The second kappa shape index (κ2) is 5.77. The lowest BCUT2D eigenvalue weighted by Gasteiger charge is -1.99. The summed E-state index contributed by atoms with van der Waals surface area (Å²) < 4.78 is 5.43. The first-order valence-corrected chi connectivity index (χ1v) is 7.41. The molecule has 0 saturated carbocycles. The van der Waals surface area contributed by atoms with Crippen LogP contribution < -0.4 is 5.32 Å². The van der Waals surface area contributed by atoms with Crippen LogP contribution in [-0.2, 0) is 24.5 Å². The third kappa shape index (κ3) is 2.83. The van der Waals surface area contributed by atoms with E-state index in [1.165, 1.54) is 11.1 Å². The lowest BCUT2D eigenvalue weighted by atomic mass is 10.1. The molecule has 1 aliphatic heterocycles. The van der Waals surface area contributed by atoms with Crippen molar-refractivity contribution < 1.29 is 4.74 Å². The standard InChI is InChI=1S/C14H17N3OS/c1-2-5-15-7-13-16-17-14(19-13)10-3-4-11-8-18-9-12(11)6-10/h3-4,6,15H,2,5,7-9H2,1H3. The number of rotatable bonds is 5. The van der Waals surface area contributed by atoms with Gasteiger partial charge in [0.05, 0.1) is 13.2 Å². The zero-order valence-electron chi connectivity index (χ0n) is 11.0. The van der Waals surface area contributed by atoms with Crippen molar-refractivity contribution in [2.75, 3.05) is 6.54 Å². The van der Waals surface area contributed by atoms with Crippen molar-refractivity contribution in [2.24, 2.45) is 0 Å². The Morgan fingerprint density at radius 2 is 2.16 bits per heavy atom. The Balaban J connectivity index is 1.75. The van der Waals surface area contributed by atoms with Crippen LogP contribution in [-0.4, -0.2) is 16.7 Å². The van der Waals surface area contributed by atoms with Crippen molar-refractivity contribution >= 4 is 11.3 Å². The number of nitrogens with one attached hydrogen (secondary N) is 1. The van der Waals surface area contributed by atoms with Crippen molar-refractivity contribution in [1.82, 2.24) is 15.5 Å². The fourth-order valence-electron chi connectivity index (χ4n) is 2.12. The van der Waals surface area contributed by atoms with Gasteiger partial charge >= 0.3 is 0 Å². The van der Waals surface area contributed by atoms with Crippen molar-refractivity contribution in [3.8, 4) is 10.6 Å². The van der Waals surface area contributed by atoms with E-state index < -0.39 is 0 Å². The number of hydrogen-bond acceptors (Lipinski definition) is 5. The first-order chi connectivity index (χ1) is 9.36. The van der Waals surface area contributed by atoms with Gasteiger partial charge < -0.3 is 10.1 Å². The molecular weight excluding hydrogens is 258 g/mol. The van der Waals surface area contributed by atoms with E-state index in [1.807, 2.05) is 0 Å². The van der Waals surface area contributed by atoms with E-state index in [2.05, 4.69) is 40.6 Å². The zero-order valence-corrected chi connectivity index (χ0v) is 11.8. The second-order valence-corrected chi connectivity index (χ2v) is 5.72. The topological polar surface area (TPSA) is 47.0 Å². The molecule has 19 heavy (non-hydrogen) atoms. The monoisotopic (exact) mass is 275 g/mol. The molecule has 1 N–H and O–H groups in total. The number of fused-ring (bicyclic) bond motifs is 1. The van der Waals surface area contributed by atoms with E-state index in [4.69, 9.17) is 4.74 Å². The zero-order chi connectivity index (χ0) is 13.1. The highest BCUT2D eigenvalue weighted by Crippen LogP contribution is 2.28. The van der Waals surface area contributed by atoms with Crippen molar-refractivity contribution in [3.05, 3.63) is 34.3 Å². The van der Waals surface area contributed by atoms with E-state index >= 15 is 0 Å². The Hall–Kier alpha value is -1.30. The summed E-state index contributed by atoms with van der Waals surface area (Å²) in [6.45, 7) is 5.43. The number of aromatic nitrogens is 2. The Kier molecular flexibility index (Phi) is 3.87. The molecule has 5 heteroatoms. The minimum atomic E-state index is 0.715. The maximum Gasteiger partial charge on any atom is 0.147 e. The molecule has 2 heterocycles. The van der Waals surface area contributed by atoms with Crippen molar-refractivity contribution in [2.45, 2.75) is 33.1 Å². The van der Waals surface area contributed by atoms with Gasteiger partial charge in [-0.3, -0.25) is 0 Å². The summed E-state index contributed by atoms with van der Waals surface area (Å²) >= 11 is 1.66. The lowest BCUT2D eigenvalue weighted by Crippen LogP contribution is -2.13. The van der Waals surface area contributed by atoms with Crippen LogP contribution in [0.1, 0.15) is 29.5 Å². The molecule has 0 amide bonds. The molecule has 0 spiro atoms. The van der Waals surface area contributed by atoms with Gasteiger partial charge in [0.25, 0.3) is 0 Å². The van der Waals surface area contributed by atoms with Crippen molar-refractivity contribution in [3.63, 3.8) is 0 Å². The average Bonchev–Trinajstić information content (AvgIpc) is 3.06. The Bertz CT molecular complexity index is 568. The van der Waals surface area contributed by atoms with E-state index in [0.29, 0.717) is 6.61 Å². The van der Waals surface area contributed by atoms with E-state index in [9.17, 15) is 0 Å². The highest BCUT2D eigenvalue weighted by molar-refractivity contribution is 7.14. The van der Waals surface area contributed by atoms with Gasteiger partial charge in [0, 0.05) is 12.1 Å². The van der Waals surface area contributed by atoms with Gasteiger partial charge in [-0.25, -0.2) is 0 Å². The summed E-state index contributed by atoms with van der Waals surface area (Å²) in [6, 6.07) is 6.41. The molecule has 100 valence electrons. The minimum absolute atomic E-state index is 0.715. The van der Waals surface area contributed by atoms with Crippen molar-refractivity contribution in [1.29, 1.82) is 0 Å².